The summed E-state index contributed by atoms with van der Waals surface area (Å²) in [6.07, 6.45) is -6.91. The summed E-state index contributed by atoms with van der Waals surface area (Å²) in [4.78, 5) is 0. The van der Waals surface area contributed by atoms with E-state index in [9.17, 15) is 22.3 Å². The van der Waals surface area contributed by atoms with Gasteiger partial charge in [0.2, 0.25) is 0 Å². The van der Waals surface area contributed by atoms with Crippen molar-refractivity contribution in [2.24, 2.45) is 0 Å². The summed E-state index contributed by atoms with van der Waals surface area (Å²) in [7, 11) is -5.05. The monoisotopic (exact) mass is 232 g/mol. The van der Waals surface area contributed by atoms with Crippen LogP contribution in [0.25, 0.3) is 0 Å². The molecule has 0 amide bonds. The molecule has 12 heavy (non-hydrogen) atoms. The summed E-state index contributed by atoms with van der Waals surface area (Å²) in [6.45, 7) is 0. The van der Waals surface area contributed by atoms with Crippen LogP contribution in [0, 0.1) is 0 Å². The summed E-state index contributed by atoms with van der Waals surface area (Å²) in [6, 6.07) is 0. The lowest BCUT2D eigenvalue weighted by molar-refractivity contribution is -0.111. The van der Waals surface area contributed by atoms with E-state index < -0.39 is 20.6 Å². The third-order valence-corrected chi connectivity index (χ3v) is 1.90. The van der Waals surface area contributed by atoms with E-state index in [0.29, 0.717) is 0 Å². The maximum atomic E-state index is 11.9. The molecule has 0 spiro atoms. The molecule has 0 bridgehead atoms. The van der Waals surface area contributed by atoms with Gasteiger partial charge in [-0.25, -0.2) is 22.3 Å². The molecular weight excluding hydrogens is 230 g/mol. The second-order valence-corrected chi connectivity index (χ2v) is 3.17. The molecule has 74 valence electrons. The van der Waals surface area contributed by atoms with Gasteiger partial charge in [0.05, 0.1) is 11.9 Å². The van der Waals surface area contributed by atoms with Gasteiger partial charge in [-0.15, -0.1) is 0 Å². The van der Waals surface area contributed by atoms with Gasteiger partial charge in [0.25, 0.3) is 12.8 Å². The second kappa shape index (κ2) is 4.98. The Morgan fingerprint density at radius 3 is 2.08 bits per heavy atom. The molecule has 0 aliphatic rings. The van der Waals surface area contributed by atoms with Gasteiger partial charge >= 0.3 is 7.82 Å². The van der Waals surface area contributed by atoms with Crippen LogP contribution >= 0.6 is 19.7 Å². The summed E-state index contributed by atoms with van der Waals surface area (Å²) in [5.74, 6) is 0. The van der Waals surface area contributed by atoms with Crippen molar-refractivity contribution in [2.75, 3.05) is 0 Å². The van der Waals surface area contributed by atoms with Crippen LogP contribution in [0.1, 0.15) is 0 Å². The Morgan fingerprint density at radius 2 is 1.83 bits per heavy atom. The van der Waals surface area contributed by atoms with E-state index in [4.69, 9.17) is 0 Å². The van der Waals surface area contributed by atoms with E-state index in [1.807, 2.05) is 0 Å². The average Bonchev–Trinajstić information content (AvgIpc) is 2.04. The standard InChI is InChI=1S/C2H2ClF4O4P/c3-10-12(8,11-7)9-2(6)1(4)5/h1-2H. The Hall–Kier alpha value is 0.120. The molecule has 0 radical (unpaired) electrons. The van der Waals surface area contributed by atoms with Crippen molar-refractivity contribution in [3.05, 3.63) is 0 Å². The number of hydrogen-bond acceptors (Lipinski definition) is 4. The minimum absolute atomic E-state index is 2.41. The Labute approximate surface area is 69.0 Å². The van der Waals surface area contributed by atoms with E-state index in [1.165, 1.54) is 0 Å². The highest BCUT2D eigenvalue weighted by Crippen LogP contribution is 2.52. The molecule has 4 nitrogen and oxygen atoms in total. The first-order chi connectivity index (χ1) is 5.45. The molecule has 0 fully saturated rings. The third-order valence-electron chi connectivity index (χ3n) is 0.597. The molecule has 2 unspecified atom stereocenters. The molecule has 0 rings (SSSR count). The van der Waals surface area contributed by atoms with Gasteiger partial charge in [-0.3, -0.25) is 0 Å². The second-order valence-electron chi connectivity index (χ2n) is 1.38. The largest absolute Gasteiger partial charge is 0.525 e. The van der Waals surface area contributed by atoms with Crippen LogP contribution in [-0.2, 0) is 17.9 Å². The molecule has 0 aromatic rings. The Morgan fingerprint density at radius 1 is 1.33 bits per heavy atom. The van der Waals surface area contributed by atoms with Crippen molar-refractivity contribution < 1.29 is 35.6 Å². The normalized spacial score (nSPS) is 19.2. The molecule has 0 aliphatic carbocycles. The van der Waals surface area contributed by atoms with E-state index in [0.717, 1.165) is 0 Å². The summed E-state index contributed by atoms with van der Waals surface area (Å²) in [5, 5.41) is 0. The van der Waals surface area contributed by atoms with E-state index in [-0.39, 0.29) is 0 Å². The number of rotatable bonds is 5. The van der Waals surface area contributed by atoms with Gasteiger partial charge in [-0.1, -0.05) is 4.73 Å². The SMILES string of the molecule is O=P(OF)(OCl)OC(F)C(F)F. The highest BCUT2D eigenvalue weighted by Gasteiger charge is 2.36. The first-order valence-corrected chi connectivity index (χ1v) is 4.03. The van der Waals surface area contributed by atoms with Gasteiger partial charge in [0.15, 0.2) is 0 Å². The summed E-state index contributed by atoms with van der Waals surface area (Å²) < 4.78 is 64.7. The molecule has 10 heteroatoms. The van der Waals surface area contributed by atoms with E-state index >= 15 is 0 Å². The van der Waals surface area contributed by atoms with Crippen molar-refractivity contribution in [1.82, 2.24) is 0 Å². The van der Waals surface area contributed by atoms with Crippen LogP contribution in [0.5, 0.6) is 0 Å². The lowest BCUT2D eigenvalue weighted by Crippen LogP contribution is -2.14. The van der Waals surface area contributed by atoms with Crippen LogP contribution in [0.3, 0.4) is 0 Å². The molecule has 0 saturated carbocycles. The fourth-order valence-electron chi connectivity index (χ4n) is 0.213. The fourth-order valence-corrected chi connectivity index (χ4v) is 0.799. The van der Waals surface area contributed by atoms with E-state index in [2.05, 4.69) is 25.2 Å². The summed E-state index contributed by atoms with van der Waals surface area (Å²) >= 11 is 4.29. The van der Waals surface area contributed by atoms with Crippen LogP contribution in [-0.4, -0.2) is 12.8 Å². The minimum Gasteiger partial charge on any atom is -0.243 e. The van der Waals surface area contributed by atoms with Gasteiger partial charge in [0.1, 0.15) is 0 Å². The fraction of sp³-hybridized carbons (Fsp3) is 1.00. The Bertz CT molecular complexity index is 170. The first-order valence-electron chi connectivity index (χ1n) is 2.26. The van der Waals surface area contributed by atoms with Crippen LogP contribution < -0.4 is 0 Å². The molecule has 0 aromatic heterocycles. The zero-order valence-electron chi connectivity index (χ0n) is 5.12. The van der Waals surface area contributed by atoms with Crippen molar-refractivity contribution in [1.29, 1.82) is 0 Å². The smallest absolute Gasteiger partial charge is 0.243 e. The lowest BCUT2D eigenvalue weighted by atomic mass is 10.7. The van der Waals surface area contributed by atoms with Crippen LogP contribution in [0.2, 0.25) is 0 Å². The number of phosphoric acid groups is 1. The van der Waals surface area contributed by atoms with Gasteiger partial charge in [0, 0.05) is 0 Å². The Kier molecular flexibility index (Phi) is 5.03. The van der Waals surface area contributed by atoms with Crippen LogP contribution in [0.4, 0.5) is 17.7 Å². The average molecular weight is 232 g/mol. The Balaban J connectivity index is 4.12. The lowest BCUT2D eigenvalue weighted by Gasteiger charge is -2.11. The zero-order chi connectivity index (χ0) is 9.78. The highest BCUT2D eigenvalue weighted by atomic mass is 35.5. The summed E-state index contributed by atoms with van der Waals surface area (Å²) in [5.41, 5.74) is 0. The molecule has 0 saturated heterocycles. The molecule has 0 aromatic carbocycles. The van der Waals surface area contributed by atoms with Gasteiger partial charge < -0.3 is 0 Å². The molecular formula is C2H2ClF4O4P. The van der Waals surface area contributed by atoms with Crippen molar-refractivity contribution >= 4 is 19.7 Å². The maximum Gasteiger partial charge on any atom is 0.525 e. The number of hydrogen-bond donors (Lipinski definition) is 0. The highest BCUT2D eigenvalue weighted by molar-refractivity contribution is 7.49. The molecule has 2 atom stereocenters. The van der Waals surface area contributed by atoms with Crippen molar-refractivity contribution in [2.45, 2.75) is 12.8 Å². The van der Waals surface area contributed by atoms with Gasteiger partial charge in [-0.05, 0) is 4.53 Å². The topological polar surface area (TPSA) is 44.8 Å². The molecule has 0 N–H and O–H groups in total. The van der Waals surface area contributed by atoms with Crippen molar-refractivity contribution in [3.63, 3.8) is 0 Å². The minimum atomic E-state index is -5.05. The van der Waals surface area contributed by atoms with Gasteiger partial charge in [-0.2, -0.15) is 4.08 Å². The first kappa shape index (κ1) is 12.1. The number of alkyl halides is 3. The number of halogens is 5. The predicted octanol–water partition coefficient (Wildman–Crippen LogP) is 2.74. The van der Waals surface area contributed by atoms with E-state index in [1.54, 1.807) is 0 Å². The molecule has 0 heterocycles. The van der Waals surface area contributed by atoms with Crippen LogP contribution in [0.15, 0.2) is 0 Å². The quantitative estimate of drug-likeness (QED) is 0.540. The zero-order valence-corrected chi connectivity index (χ0v) is 6.78. The maximum absolute atomic E-state index is 11.9. The molecule has 0 aliphatic heterocycles. The predicted molar refractivity (Wildman–Crippen MR) is 28.7 cm³/mol. The third kappa shape index (κ3) is 3.68. The van der Waals surface area contributed by atoms with Crippen molar-refractivity contribution in [3.8, 4) is 0 Å².